The van der Waals surface area contributed by atoms with Gasteiger partial charge in [-0.2, -0.15) is 0 Å². The molecule has 5 nitrogen and oxygen atoms in total. The van der Waals surface area contributed by atoms with E-state index in [1.165, 1.54) is 12.1 Å². The van der Waals surface area contributed by atoms with Gasteiger partial charge in [0.25, 0.3) is 0 Å². The van der Waals surface area contributed by atoms with E-state index in [4.69, 9.17) is 10.0 Å². The molecule has 0 unspecified atom stereocenters. The Hall–Kier alpha value is -0.580. The van der Waals surface area contributed by atoms with E-state index in [0.717, 1.165) is 0 Å². The molecule has 1 aromatic carbocycles. The molecule has 1 aromatic rings. The smallest absolute Gasteiger partial charge is 0.429 e. The minimum atomic E-state index is -3.68. The minimum absolute atomic E-state index is 0.232. The molecule has 2 radical (unpaired) electrons. The van der Waals surface area contributed by atoms with Crippen molar-refractivity contribution in [1.82, 2.24) is 0 Å². The summed E-state index contributed by atoms with van der Waals surface area (Å²) in [5.41, 5.74) is 0. The fraction of sp³-hybridized carbons (Fsp3) is 0. The highest BCUT2D eigenvalue weighted by Gasteiger charge is 2.27. The predicted octanol–water partition coefficient (Wildman–Crippen LogP) is -0.409. The van der Waals surface area contributed by atoms with Crippen molar-refractivity contribution in [3.8, 4) is 0 Å². The monoisotopic (exact) mass is 212 g/mol. The second-order valence-electron chi connectivity index (χ2n) is 2.25. The third-order valence-corrected chi connectivity index (χ3v) is 3.12. The fourth-order valence-electron chi connectivity index (χ4n) is 0.881. The zero-order valence-electron chi connectivity index (χ0n) is 7.11. The number of benzene rings is 1. The molecule has 0 amide bonds. The summed E-state index contributed by atoms with van der Waals surface area (Å²) in [6, 6.07) is 7.97. The van der Waals surface area contributed by atoms with Gasteiger partial charge >= 0.3 is 23.0 Å². The normalized spacial score (nSPS) is 11.0. The van der Waals surface area contributed by atoms with E-state index in [1.807, 2.05) is 0 Å². The molecular weight excluding hydrogens is 205 g/mol. The van der Waals surface area contributed by atoms with E-state index in [0.29, 0.717) is 0 Å². The lowest BCUT2D eigenvalue weighted by Gasteiger charge is -2.15. The zero-order chi connectivity index (χ0) is 10.4. The van der Waals surface area contributed by atoms with Gasteiger partial charge in [-0.25, -0.2) is 0 Å². The van der Waals surface area contributed by atoms with Crippen LogP contribution in [-0.4, -0.2) is 25.4 Å². The second kappa shape index (κ2) is 5.34. The molecule has 0 fully saturated rings. The Morgan fingerprint density at radius 3 is 2.00 bits per heavy atom. The van der Waals surface area contributed by atoms with Gasteiger partial charge in [0.05, 0.1) is 5.30 Å². The topological polar surface area (TPSA) is 76.0 Å². The fourth-order valence-corrected chi connectivity index (χ4v) is 1.96. The first-order valence-electron chi connectivity index (χ1n) is 3.67. The van der Waals surface area contributed by atoms with Crippen LogP contribution in [0.4, 0.5) is 0 Å². The Kier molecular flexibility index (Phi) is 4.38. The molecule has 0 bridgehead atoms. The summed E-state index contributed by atoms with van der Waals surface area (Å²) in [6.45, 7) is 0. The Morgan fingerprint density at radius 1 is 1.07 bits per heavy atom. The van der Waals surface area contributed by atoms with Crippen molar-refractivity contribution in [1.29, 1.82) is 0 Å². The molecule has 0 saturated carbocycles. The van der Waals surface area contributed by atoms with Gasteiger partial charge < -0.3 is 18.9 Å². The van der Waals surface area contributed by atoms with Crippen LogP contribution >= 0.6 is 7.60 Å². The molecule has 2 N–H and O–H groups in total. The highest BCUT2D eigenvalue weighted by Crippen LogP contribution is 2.45. The standard InChI is InChI=1S/C6H7B2O5P/c9-7-12-14(11,13-8-10)6-4-2-1-3-5-6/h1-5,9-10H. The van der Waals surface area contributed by atoms with Gasteiger partial charge in [0.15, 0.2) is 0 Å². The maximum Gasteiger partial charge on any atom is 0.492 e. The van der Waals surface area contributed by atoms with Crippen LogP contribution in [0.25, 0.3) is 0 Å². The summed E-state index contributed by atoms with van der Waals surface area (Å²) in [5, 5.41) is 17.0. The summed E-state index contributed by atoms with van der Waals surface area (Å²) in [6.07, 6.45) is 0. The molecule has 8 heteroatoms. The van der Waals surface area contributed by atoms with Crippen LogP contribution in [0.15, 0.2) is 30.3 Å². The van der Waals surface area contributed by atoms with Gasteiger partial charge in [0.1, 0.15) is 0 Å². The largest absolute Gasteiger partial charge is 0.492 e. The molecule has 14 heavy (non-hydrogen) atoms. The third kappa shape index (κ3) is 2.70. The van der Waals surface area contributed by atoms with E-state index in [2.05, 4.69) is 8.88 Å². The minimum Gasteiger partial charge on any atom is -0.429 e. The Balaban J connectivity index is 2.94. The quantitative estimate of drug-likeness (QED) is 0.512. The first-order chi connectivity index (χ1) is 6.73. The van der Waals surface area contributed by atoms with Gasteiger partial charge in [0.2, 0.25) is 0 Å². The van der Waals surface area contributed by atoms with Gasteiger partial charge in [-0.05, 0) is 12.1 Å². The van der Waals surface area contributed by atoms with Gasteiger partial charge in [-0.3, -0.25) is 4.57 Å². The molecule has 0 spiro atoms. The third-order valence-electron chi connectivity index (χ3n) is 1.44. The highest BCUT2D eigenvalue weighted by atomic mass is 31.2. The lowest BCUT2D eigenvalue weighted by atomic mass is 10.4. The average Bonchev–Trinajstić information content (AvgIpc) is 2.20. The van der Waals surface area contributed by atoms with Crippen LogP contribution in [-0.2, 0) is 13.4 Å². The van der Waals surface area contributed by atoms with Crippen LogP contribution < -0.4 is 5.30 Å². The maximum atomic E-state index is 11.8. The zero-order valence-corrected chi connectivity index (χ0v) is 8.00. The van der Waals surface area contributed by atoms with E-state index >= 15 is 0 Å². The SMILES string of the molecule is O=P(O[B]O)(O[B]O)c1ccccc1. The average molecular weight is 212 g/mol. The van der Waals surface area contributed by atoms with Crippen LogP contribution in [0, 0.1) is 0 Å². The molecule has 0 aromatic heterocycles. The molecule has 0 aliphatic rings. The molecule has 0 atom stereocenters. The second-order valence-corrected chi connectivity index (χ2v) is 4.19. The predicted molar refractivity (Wildman–Crippen MR) is 51.8 cm³/mol. The Morgan fingerprint density at radius 2 is 1.57 bits per heavy atom. The van der Waals surface area contributed by atoms with Crippen molar-refractivity contribution in [3.63, 3.8) is 0 Å². The molecule has 0 saturated heterocycles. The summed E-state index contributed by atoms with van der Waals surface area (Å²) < 4.78 is 20.6. The van der Waals surface area contributed by atoms with E-state index in [9.17, 15) is 4.57 Å². The van der Waals surface area contributed by atoms with E-state index in [1.54, 1.807) is 18.2 Å². The van der Waals surface area contributed by atoms with Crippen molar-refractivity contribution in [3.05, 3.63) is 30.3 Å². The van der Waals surface area contributed by atoms with Crippen LogP contribution in [0.5, 0.6) is 0 Å². The van der Waals surface area contributed by atoms with Crippen molar-refractivity contribution in [2.45, 2.75) is 0 Å². The maximum absolute atomic E-state index is 11.8. The van der Waals surface area contributed by atoms with Crippen LogP contribution in [0.3, 0.4) is 0 Å². The lowest BCUT2D eigenvalue weighted by molar-refractivity contribution is 0.359. The summed E-state index contributed by atoms with van der Waals surface area (Å²) in [4.78, 5) is 0. The Bertz CT molecular complexity index is 309. The van der Waals surface area contributed by atoms with E-state index in [-0.39, 0.29) is 20.7 Å². The molecule has 72 valence electrons. The summed E-state index contributed by atoms with van der Waals surface area (Å²) >= 11 is 0. The van der Waals surface area contributed by atoms with Crippen molar-refractivity contribution < 1.29 is 23.5 Å². The van der Waals surface area contributed by atoms with Gasteiger partial charge in [0, 0.05) is 0 Å². The molecule has 1 rings (SSSR count). The summed E-state index contributed by atoms with van der Waals surface area (Å²) in [5.74, 6) is 0. The highest BCUT2D eigenvalue weighted by molar-refractivity contribution is 7.63. The first-order valence-corrected chi connectivity index (χ1v) is 5.21. The van der Waals surface area contributed by atoms with Gasteiger partial charge in [-0.1, -0.05) is 18.2 Å². The Labute approximate surface area is 82.8 Å². The van der Waals surface area contributed by atoms with Crippen molar-refractivity contribution in [2.75, 3.05) is 0 Å². The first kappa shape index (κ1) is 11.5. The van der Waals surface area contributed by atoms with Crippen LogP contribution in [0.2, 0.25) is 0 Å². The number of hydrogen-bond donors (Lipinski definition) is 2. The molecule has 0 heterocycles. The molecular formula is C6H7B2O5P. The number of hydrogen-bond acceptors (Lipinski definition) is 5. The number of rotatable bonds is 5. The molecule has 0 aliphatic heterocycles. The van der Waals surface area contributed by atoms with Crippen molar-refractivity contribution >= 4 is 28.3 Å². The van der Waals surface area contributed by atoms with Gasteiger partial charge in [-0.15, -0.1) is 0 Å². The van der Waals surface area contributed by atoms with Crippen LogP contribution in [0.1, 0.15) is 0 Å². The molecule has 0 aliphatic carbocycles. The van der Waals surface area contributed by atoms with E-state index < -0.39 is 7.60 Å². The lowest BCUT2D eigenvalue weighted by Crippen LogP contribution is -2.13. The van der Waals surface area contributed by atoms with Crippen molar-refractivity contribution in [2.24, 2.45) is 0 Å². The summed E-state index contributed by atoms with van der Waals surface area (Å²) in [7, 11) is -3.16.